The molecule has 0 saturated carbocycles. The monoisotopic (exact) mass is 197 g/mol. The molecular formula is C9H9F2N3. The van der Waals surface area contributed by atoms with Crippen molar-refractivity contribution < 1.29 is 8.78 Å². The predicted octanol–water partition coefficient (Wildman–Crippen LogP) is 2.09. The van der Waals surface area contributed by atoms with Crippen LogP contribution in [0.4, 0.5) is 14.5 Å². The molecule has 0 atom stereocenters. The second-order valence-electron chi connectivity index (χ2n) is 3.05. The lowest BCUT2D eigenvalue weighted by Crippen LogP contribution is -1.94. The van der Waals surface area contributed by atoms with E-state index in [0.717, 1.165) is 0 Å². The number of aryl methyl sites for hydroxylation is 1. The molecule has 2 rings (SSSR count). The van der Waals surface area contributed by atoms with Crippen LogP contribution in [0.2, 0.25) is 0 Å². The predicted molar refractivity (Wildman–Crippen MR) is 50.1 cm³/mol. The molecule has 0 aliphatic carbocycles. The molecule has 0 amide bonds. The maximum Gasteiger partial charge on any atom is 0.282 e. The Bertz CT molecular complexity index is 476. The Morgan fingerprint density at radius 1 is 1.43 bits per heavy atom. The zero-order valence-corrected chi connectivity index (χ0v) is 7.54. The lowest BCUT2D eigenvalue weighted by atomic mass is 10.2. The number of nitrogen functional groups attached to an aromatic ring is 1. The van der Waals surface area contributed by atoms with Crippen LogP contribution >= 0.6 is 0 Å². The molecule has 2 N–H and O–H groups in total. The van der Waals surface area contributed by atoms with Gasteiger partial charge in [0.1, 0.15) is 5.69 Å². The van der Waals surface area contributed by atoms with Gasteiger partial charge in [-0.15, -0.1) is 0 Å². The number of nitrogens with two attached hydrogens (primary N) is 1. The minimum atomic E-state index is -2.57. The van der Waals surface area contributed by atoms with E-state index < -0.39 is 6.43 Å². The van der Waals surface area contributed by atoms with Crippen molar-refractivity contribution in [1.82, 2.24) is 9.78 Å². The molecule has 1 aromatic carbocycles. The van der Waals surface area contributed by atoms with Gasteiger partial charge >= 0.3 is 0 Å². The fourth-order valence-corrected chi connectivity index (χ4v) is 1.56. The van der Waals surface area contributed by atoms with E-state index in [0.29, 0.717) is 16.6 Å². The minimum Gasteiger partial charge on any atom is -0.397 e. The zero-order chi connectivity index (χ0) is 10.3. The first-order valence-corrected chi connectivity index (χ1v) is 4.10. The van der Waals surface area contributed by atoms with E-state index in [4.69, 9.17) is 5.73 Å². The van der Waals surface area contributed by atoms with Gasteiger partial charge in [0.05, 0.1) is 11.2 Å². The van der Waals surface area contributed by atoms with Crippen LogP contribution in [0.1, 0.15) is 12.1 Å². The summed E-state index contributed by atoms with van der Waals surface area (Å²) < 4.78 is 26.4. The van der Waals surface area contributed by atoms with Crippen molar-refractivity contribution in [1.29, 1.82) is 0 Å². The third-order valence-corrected chi connectivity index (χ3v) is 2.13. The Hall–Kier alpha value is -1.65. The maximum absolute atomic E-state index is 12.5. The van der Waals surface area contributed by atoms with Crippen molar-refractivity contribution in [2.24, 2.45) is 7.05 Å². The number of benzene rings is 1. The van der Waals surface area contributed by atoms with Crippen LogP contribution in [-0.2, 0) is 7.05 Å². The molecule has 0 saturated heterocycles. The molecule has 5 heteroatoms. The van der Waals surface area contributed by atoms with Crippen molar-refractivity contribution in [2.75, 3.05) is 5.73 Å². The average Bonchev–Trinajstić information content (AvgIpc) is 2.45. The molecule has 0 aliphatic rings. The van der Waals surface area contributed by atoms with Gasteiger partial charge in [-0.1, -0.05) is 12.1 Å². The summed E-state index contributed by atoms with van der Waals surface area (Å²) in [6, 6.07) is 4.91. The average molecular weight is 197 g/mol. The summed E-state index contributed by atoms with van der Waals surface area (Å²) in [7, 11) is 1.60. The highest BCUT2D eigenvalue weighted by molar-refractivity contribution is 5.91. The van der Waals surface area contributed by atoms with E-state index in [1.807, 2.05) is 0 Å². The van der Waals surface area contributed by atoms with E-state index in [-0.39, 0.29) is 5.69 Å². The fourth-order valence-electron chi connectivity index (χ4n) is 1.56. The number of halogens is 2. The number of hydrogen-bond donors (Lipinski definition) is 1. The highest BCUT2D eigenvalue weighted by atomic mass is 19.3. The molecule has 1 heterocycles. The van der Waals surface area contributed by atoms with Gasteiger partial charge in [-0.05, 0) is 6.07 Å². The Morgan fingerprint density at radius 2 is 2.14 bits per heavy atom. The molecule has 2 aromatic rings. The minimum absolute atomic E-state index is 0.213. The summed E-state index contributed by atoms with van der Waals surface area (Å²) in [4.78, 5) is 0. The summed E-state index contributed by atoms with van der Waals surface area (Å²) in [5, 5.41) is 4.16. The van der Waals surface area contributed by atoms with Gasteiger partial charge < -0.3 is 5.73 Å². The highest BCUT2D eigenvalue weighted by Gasteiger charge is 2.17. The first-order chi connectivity index (χ1) is 6.61. The molecule has 0 spiro atoms. The van der Waals surface area contributed by atoms with Gasteiger partial charge in [-0.25, -0.2) is 8.78 Å². The number of anilines is 1. The summed E-state index contributed by atoms with van der Waals surface area (Å²) >= 11 is 0. The molecule has 0 fully saturated rings. The van der Waals surface area contributed by atoms with Crippen molar-refractivity contribution in [2.45, 2.75) is 6.43 Å². The van der Waals surface area contributed by atoms with Gasteiger partial charge in [-0.2, -0.15) is 5.10 Å². The molecule has 0 radical (unpaired) electrons. The third-order valence-electron chi connectivity index (χ3n) is 2.13. The molecule has 1 aromatic heterocycles. The number of nitrogens with zero attached hydrogens (tertiary/aromatic N) is 2. The lowest BCUT2D eigenvalue weighted by Gasteiger charge is -1.97. The van der Waals surface area contributed by atoms with Crippen LogP contribution < -0.4 is 5.73 Å². The van der Waals surface area contributed by atoms with Gasteiger partial charge in [-0.3, -0.25) is 4.68 Å². The van der Waals surface area contributed by atoms with E-state index in [1.165, 1.54) is 4.68 Å². The topological polar surface area (TPSA) is 43.8 Å². The number of aromatic nitrogens is 2. The number of alkyl halides is 2. The first-order valence-electron chi connectivity index (χ1n) is 4.10. The largest absolute Gasteiger partial charge is 0.397 e. The van der Waals surface area contributed by atoms with Crippen molar-refractivity contribution in [3.63, 3.8) is 0 Å². The summed E-state index contributed by atoms with van der Waals surface area (Å²) in [6.07, 6.45) is -2.57. The third kappa shape index (κ3) is 1.13. The zero-order valence-electron chi connectivity index (χ0n) is 7.54. The molecule has 0 bridgehead atoms. The van der Waals surface area contributed by atoms with Gasteiger partial charge in [0, 0.05) is 12.4 Å². The van der Waals surface area contributed by atoms with Crippen molar-refractivity contribution in [3.8, 4) is 0 Å². The number of para-hydroxylation sites is 1. The van der Waals surface area contributed by atoms with Gasteiger partial charge in [0.25, 0.3) is 6.43 Å². The molecular weight excluding hydrogens is 188 g/mol. The maximum atomic E-state index is 12.5. The van der Waals surface area contributed by atoms with Crippen LogP contribution in [0, 0.1) is 0 Å². The van der Waals surface area contributed by atoms with E-state index in [2.05, 4.69) is 5.10 Å². The Morgan fingerprint density at radius 3 is 2.79 bits per heavy atom. The summed E-state index contributed by atoms with van der Waals surface area (Å²) in [6.45, 7) is 0. The SMILES string of the molecule is Cn1nc(C(F)F)c2cccc(N)c21. The van der Waals surface area contributed by atoms with Gasteiger partial charge in [0.15, 0.2) is 0 Å². The van der Waals surface area contributed by atoms with Gasteiger partial charge in [0.2, 0.25) is 0 Å². The van der Waals surface area contributed by atoms with Crippen molar-refractivity contribution in [3.05, 3.63) is 23.9 Å². The molecule has 0 unspecified atom stereocenters. The Balaban J connectivity index is 2.84. The Kier molecular flexibility index (Phi) is 1.87. The molecule has 74 valence electrons. The van der Waals surface area contributed by atoms with Crippen LogP contribution in [-0.4, -0.2) is 9.78 Å². The van der Waals surface area contributed by atoms with Crippen LogP contribution in [0.5, 0.6) is 0 Å². The Labute approximate surface area is 79.1 Å². The fraction of sp³-hybridized carbons (Fsp3) is 0.222. The summed E-state index contributed by atoms with van der Waals surface area (Å²) in [5.41, 5.74) is 6.47. The molecule has 0 aliphatic heterocycles. The number of fused-ring (bicyclic) bond motifs is 1. The standard InChI is InChI=1S/C9H9F2N3/c1-14-8-5(3-2-4-6(8)12)7(13-14)9(10)11/h2-4,9H,12H2,1H3. The smallest absolute Gasteiger partial charge is 0.282 e. The van der Waals surface area contributed by atoms with Crippen LogP contribution in [0.3, 0.4) is 0 Å². The lowest BCUT2D eigenvalue weighted by molar-refractivity contribution is 0.147. The second-order valence-corrected chi connectivity index (χ2v) is 3.05. The quantitative estimate of drug-likeness (QED) is 0.711. The highest BCUT2D eigenvalue weighted by Crippen LogP contribution is 2.29. The van der Waals surface area contributed by atoms with E-state index in [9.17, 15) is 8.78 Å². The number of hydrogen-bond acceptors (Lipinski definition) is 2. The first kappa shape index (κ1) is 8.93. The normalized spacial score (nSPS) is 11.4. The number of rotatable bonds is 1. The van der Waals surface area contributed by atoms with Crippen molar-refractivity contribution >= 4 is 16.6 Å². The second kappa shape index (κ2) is 2.94. The molecule has 3 nitrogen and oxygen atoms in total. The van der Waals surface area contributed by atoms with Crippen LogP contribution in [0.25, 0.3) is 10.9 Å². The van der Waals surface area contributed by atoms with E-state index >= 15 is 0 Å². The van der Waals surface area contributed by atoms with Crippen LogP contribution in [0.15, 0.2) is 18.2 Å². The molecule has 14 heavy (non-hydrogen) atoms. The van der Waals surface area contributed by atoms with E-state index in [1.54, 1.807) is 25.2 Å². The summed E-state index contributed by atoms with van der Waals surface area (Å²) in [5.74, 6) is 0.